The highest BCUT2D eigenvalue weighted by Gasteiger charge is 2.22. The Balaban J connectivity index is 1.77. The zero-order chi connectivity index (χ0) is 24.0. The first-order chi connectivity index (χ1) is 16.4. The summed E-state index contributed by atoms with van der Waals surface area (Å²) in [5.74, 6) is -0.146. The summed E-state index contributed by atoms with van der Waals surface area (Å²) in [5.41, 5.74) is 1.73. The molecule has 172 valence electrons. The van der Waals surface area contributed by atoms with E-state index in [-0.39, 0.29) is 21.5 Å². The lowest BCUT2D eigenvalue weighted by atomic mass is 10.0. The molecule has 1 atom stereocenters. The van der Waals surface area contributed by atoms with Gasteiger partial charge in [-0.15, -0.1) is 0 Å². The van der Waals surface area contributed by atoms with Crippen molar-refractivity contribution in [2.75, 3.05) is 5.32 Å². The number of halogens is 4. The maximum atomic E-state index is 14.3. The van der Waals surface area contributed by atoms with Gasteiger partial charge in [0, 0.05) is 5.69 Å². The van der Waals surface area contributed by atoms with Crippen molar-refractivity contribution in [2.24, 2.45) is 0 Å². The van der Waals surface area contributed by atoms with Crippen LogP contribution in [0.4, 0.5) is 10.2 Å². The topological polar surface area (TPSA) is 88.5 Å². The molecular weight excluding hydrogens is 502 g/mol. The summed E-state index contributed by atoms with van der Waals surface area (Å²) in [6.07, 6.45) is 3.53. The molecule has 7 nitrogen and oxygen atoms in total. The van der Waals surface area contributed by atoms with Gasteiger partial charge in [0.25, 0.3) is 5.56 Å². The van der Waals surface area contributed by atoms with Crippen LogP contribution in [0.1, 0.15) is 25.1 Å². The van der Waals surface area contributed by atoms with Gasteiger partial charge in [-0.3, -0.25) is 9.36 Å². The fourth-order valence-corrected chi connectivity index (χ4v) is 4.47. The fraction of sp³-hybridized carbons (Fsp3) is 0.130. The van der Waals surface area contributed by atoms with Crippen LogP contribution >= 0.6 is 34.8 Å². The lowest BCUT2D eigenvalue weighted by molar-refractivity contribution is 0.629. The molecule has 3 heterocycles. The van der Waals surface area contributed by atoms with Gasteiger partial charge in [0.05, 0.1) is 38.5 Å². The van der Waals surface area contributed by atoms with Gasteiger partial charge < -0.3 is 10.3 Å². The number of anilines is 1. The summed E-state index contributed by atoms with van der Waals surface area (Å²) in [6, 6.07) is 9.05. The van der Waals surface area contributed by atoms with E-state index in [1.807, 2.05) is 6.92 Å². The number of imidazole rings is 1. The maximum absolute atomic E-state index is 14.3. The molecule has 0 aliphatic carbocycles. The smallest absolute Gasteiger partial charge is 0.264 e. The van der Waals surface area contributed by atoms with Crippen molar-refractivity contribution in [3.8, 4) is 5.69 Å². The number of nitrogens with one attached hydrogen (secondary N) is 2. The number of hydrogen-bond acceptors (Lipinski definition) is 5. The molecule has 11 heteroatoms. The second-order valence-corrected chi connectivity index (χ2v) is 8.75. The Morgan fingerprint density at radius 1 is 1.09 bits per heavy atom. The Labute approximate surface area is 207 Å². The van der Waals surface area contributed by atoms with E-state index in [0.717, 1.165) is 0 Å². The average molecular weight is 518 g/mol. The molecule has 34 heavy (non-hydrogen) atoms. The molecule has 2 aromatic carbocycles. The van der Waals surface area contributed by atoms with Crippen LogP contribution in [0.5, 0.6) is 0 Å². The van der Waals surface area contributed by atoms with Crippen molar-refractivity contribution < 1.29 is 4.39 Å². The first-order valence-corrected chi connectivity index (χ1v) is 11.4. The number of H-pyrrole nitrogens is 1. The quantitative estimate of drug-likeness (QED) is 0.285. The van der Waals surface area contributed by atoms with Crippen LogP contribution in [-0.2, 0) is 0 Å². The van der Waals surface area contributed by atoms with E-state index < -0.39 is 11.4 Å². The number of benzene rings is 2. The molecule has 0 unspecified atom stereocenters. The Hall–Kier alpha value is -3.20. The number of fused-ring (bicyclic) bond motifs is 2. The average Bonchev–Trinajstić information content (AvgIpc) is 3.31. The van der Waals surface area contributed by atoms with Gasteiger partial charge in [-0.05, 0) is 42.1 Å². The molecule has 2 N–H and O–H groups in total. The van der Waals surface area contributed by atoms with E-state index in [4.69, 9.17) is 34.8 Å². The molecule has 0 spiro atoms. The minimum Gasteiger partial charge on any atom is -0.360 e. The van der Waals surface area contributed by atoms with E-state index in [9.17, 15) is 9.18 Å². The van der Waals surface area contributed by atoms with Gasteiger partial charge in [-0.25, -0.2) is 19.3 Å². The number of hydrogen-bond donors (Lipinski definition) is 2. The molecular formula is C23H16Cl3FN6O. The number of aromatic nitrogens is 5. The van der Waals surface area contributed by atoms with E-state index in [0.29, 0.717) is 45.2 Å². The summed E-state index contributed by atoms with van der Waals surface area (Å²) in [5, 5.41) is 4.35. The lowest BCUT2D eigenvalue weighted by Crippen LogP contribution is -2.27. The molecule has 0 saturated carbocycles. The highest BCUT2D eigenvalue weighted by molar-refractivity contribution is 6.42. The zero-order valence-corrected chi connectivity index (χ0v) is 19.9. The Morgan fingerprint density at radius 3 is 2.68 bits per heavy atom. The molecule has 0 amide bonds. The van der Waals surface area contributed by atoms with Crippen LogP contribution in [0.15, 0.2) is 53.8 Å². The Morgan fingerprint density at radius 2 is 1.91 bits per heavy atom. The normalized spacial score (nSPS) is 12.4. The third-order valence-corrected chi connectivity index (χ3v) is 6.67. The minimum absolute atomic E-state index is 0.0735. The summed E-state index contributed by atoms with van der Waals surface area (Å²) in [7, 11) is 0. The molecule has 0 bridgehead atoms. The summed E-state index contributed by atoms with van der Waals surface area (Å²) in [6.45, 7) is 1.97. The predicted molar refractivity (Wildman–Crippen MR) is 133 cm³/mol. The third-order valence-electron chi connectivity index (χ3n) is 5.57. The van der Waals surface area contributed by atoms with Gasteiger partial charge in [0.2, 0.25) is 0 Å². The maximum Gasteiger partial charge on any atom is 0.264 e. The van der Waals surface area contributed by atoms with Crippen LogP contribution in [0, 0.1) is 5.82 Å². The number of nitrogens with zero attached hydrogens (tertiary/aromatic N) is 4. The van der Waals surface area contributed by atoms with Crippen LogP contribution in [0.3, 0.4) is 0 Å². The van der Waals surface area contributed by atoms with E-state index in [1.54, 1.807) is 24.3 Å². The highest BCUT2D eigenvalue weighted by Crippen LogP contribution is 2.32. The van der Waals surface area contributed by atoms with Gasteiger partial charge in [-0.1, -0.05) is 47.8 Å². The first-order valence-electron chi connectivity index (χ1n) is 10.3. The lowest BCUT2D eigenvalue weighted by Gasteiger charge is -2.24. The monoisotopic (exact) mass is 516 g/mol. The van der Waals surface area contributed by atoms with Crippen molar-refractivity contribution in [1.82, 2.24) is 24.5 Å². The highest BCUT2D eigenvalue weighted by atomic mass is 35.5. The Bertz CT molecular complexity index is 1620. The predicted octanol–water partition coefficient (Wildman–Crippen LogP) is 6.32. The molecule has 5 rings (SSSR count). The van der Waals surface area contributed by atoms with Gasteiger partial charge in [0.15, 0.2) is 11.5 Å². The second kappa shape index (κ2) is 8.87. The fourth-order valence-electron chi connectivity index (χ4n) is 3.93. The number of pyridine rings is 1. The van der Waals surface area contributed by atoms with Crippen molar-refractivity contribution in [1.29, 1.82) is 0 Å². The minimum atomic E-state index is -0.674. The summed E-state index contributed by atoms with van der Waals surface area (Å²) in [4.78, 5) is 29.4. The summed E-state index contributed by atoms with van der Waals surface area (Å²) < 4.78 is 15.7. The van der Waals surface area contributed by atoms with Crippen molar-refractivity contribution >= 4 is 62.6 Å². The van der Waals surface area contributed by atoms with Crippen molar-refractivity contribution in [2.45, 2.75) is 19.4 Å². The van der Waals surface area contributed by atoms with Gasteiger partial charge >= 0.3 is 0 Å². The molecule has 0 saturated heterocycles. The largest absolute Gasteiger partial charge is 0.360 e. The molecule has 0 fully saturated rings. The standard InChI is InChI=1S/C23H16Cl3FN6O/c1-2-16(32-22-20-21(29-9-28-20)30-10-31-22)17-7-11-3-6-15(27)19(26)18(11)23(34)33(17)12-4-5-13(24)14(25)8-12/h3-10,16H,2H2,1H3,(H2,28,29,30,31,32)/t16-/m1/s1. The molecule has 0 radical (unpaired) electrons. The van der Waals surface area contributed by atoms with Crippen LogP contribution in [0.25, 0.3) is 27.6 Å². The second-order valence-electron chi connectivity index (χ2n) is 7.56. The Kier molecular flexibility index (Phi) is 5.89. The van der Waals surface area contributed by atoms with E-state index in [2.05, 4.69) is 25.3 Å². The molecule has 5 aromatic rings. The van der Waals surface area contributed by atoms with Crippen LogP contribution < -0.4 is 10.9 Å². The first kappa shape index (κ1) is 22.6. The van der Waals surface area contributed by atoms with Crippen molar-refractivity contribution in [3.05, 3.63) is 86.0 Å². The number of aromatic amines is 1. The van der Waals surface area contributed by atoms with E-state index in [1.165, 1.54) is 29.4 Å². The summed E-state index contributed by atoms with van der Waals surface area (Å²) >= 11 is 18.6. The molecule has 0 aliphatic rings. The molecule has 3 aromatic heterocycles. The van der Waals surface area contributed by atoms with Crippen LogP contribution in [-0.4, -0.2) is 24.5 Å². The van der Waals surface area contributed by atoms with Crippen molar-refractivity contribution in [3.63, 3.8) is 0 Å². The SMILES string of the molecule is CC[C@@H](Nc1ncnc2nc[nH]c12)c1cc2ccc(F)c(Cl)c2c(=O)n1-c1ccc(Cl)c(Cl)c1. The molecule has 0 aliphatic heterocycles. The third kappa shape index (κ3) is 3.77. The van der Waals surface area contributed by atoms with Crippen LogP contribution in [0.2, 0.25) is 15.1 Å². The number of rotatable bonds is 5. The van der Waals surface area contributed by atoms with E-state index >= 15 is 0 Å². The van der Waals surface area contributed by atoms with Gasteiger partial charge in [0.1, 0.15) is 17.7 Å². The zero-order valence-electron chi connectivity index (χ0n) is 17.6. The van der Waals surface area contributed by atoms with Gasteiger partial charge in [-0.2, -0.15) is 0 Å².